The Bertz CT molecular complexity index is 1950. The molecule has 11 nitrogen and oxygen atoms in total. The summed E-state index contributed by atoms with van der Waals surface area (Å²) in [6, 6.07) is 10.9. The maximum atomic E-state index is 13.9. The lowest BCUT2D eigenvalue weighted by Gasteiger charge is -2.23. The van der Waals surface area contributed by atoms with Crippen LogP contribution in [0.5, 0.6) is 11.5 Å². The van der Waals surface area contributed by atoms with E-state index in [0.29, 0.717) is 56.7 Å². The Hall–Kier alpha value is -4.97. The fourth-order valence-electron chi connectivity index (χ4n) is 4.84. The fraction of sp³-hybridized carbons (Fsp3) is 0.258. The Balaban J connectivity index is 1.62. The molecule has 1 aliphatic rings. The molecule has 0 N–H and O–H groups in total. The minimum absolute atomic E-state index is 0.0690. The number of methoxy groups -OCH3 is 1. The molecule has 0 aliphatic carbocycles. The van der Waals surface area contributed by atoms with Gasteiger partial charge in [0.25, 0.3) is 11.2 Å². The number of nitrogens with zero attached hydrogens (tertiary/aromatic N) is 3. The molecule has 0 saturated carbocycles. The first-order chi connectivity index (χ1) is 20.7. The summed E-state index contributed by atoms with van der Waals surface area (Å²) < 4.78 is 24.2. The molecular weight excluding hydrogens is 574 g/mol. The number of hydrogen-bond donors (Lipinski definition) is 0. The van der Waals surface area contributed by atoms with Crippen molar-refractivity contribution in [3.05, 3.63) is 106 Å². The van der Waals surface area contributed by atoms with Crippen LogP contribution in [0.15, 0.2) is 68.4 Å². The lowest BCUT2D eigenvalue weighted by atomic mass is 9.97. The Kier molecular flexibility index (Phi) is 8.31. The summed E-state index contributed by atoms with van der Waals surface area (Å²) in [4.78, 5) is 42.7. The third kappa shape index (κ3) is 5.61. The van der Waals surface area contributed by atoms with Crippen LogP contribution in [0.3, 0.4) is 0 Å². The number of nitro groups is 1. The molecule has 0 spiro atoms. The second-order valence-corrected chi connectivity index (χ2v) is 10.7. The van der Waals surface area contributed by atoms with Crippen LogP contribution in [0, 0.1) is 24.0 Å². The molecule has 5 rings (SSSR count). The number of carbonyl (C=O) groups excluding carboxylic acids is 1. The minimum Gasteiger partial charge on any atom is -0.490 e. The Labute approximate surface area is 250 Å². The number of aromatic nitrogens is 1. The first-order valence-electron chi connectivity index (χ1n) is 13.5. The Morgan fingerprint density at radius 1 is 1.09 bits per heavy atom. The van der Waals surface area contributed by atoms with Crippen molar-refractivity contribution in [2.24, 2.45) is 4.99 Å². The first-order valence-corrected chi connectivity index (χ1v) is 14.3. The summed E-state index contributed by atoms with van der Waals surface area (Å²) in [7, 11) is 1.27. The van der Waals surface area contributed by atoms with Crippen molar-refractivity contribution >= 4 is 29.1 Å². The Morgan fingerprint density at radius 2 is 1.81 bits per heavy atom. The summed E-state index contributed by atoms with van der Waals surface area (Å²) in [5.74, 6) is 1.03. The highest BCUT2D eigenvalue weighted by Crippen LogP contribution is 2.36. The summed E-state index contributed by atoms with van der Waals surface area (Å²) in [6.45, 7) is 8.22. The molecule has 43 heavy (non-hydrogen) atoms. The fourth-order valence-corrected chi connectivity index (χ4v) is 5.79. The van der Waals surface area contributed by atoms with E-state index < -0.39 is 22.5 Å². The molecule has 0 unspecified atom stereocenters. The van der Waals surface area contributed by atoms with E-state index >= 15 is 0 Å². The molecule has 2 aromatic carbocycles. The van der Waals surface area contributed by atoms with Crippen LogP contribution in [0.1, 0.15) is 42.3 Å². The van der Waals surface area contributed by atoms with Gasteiger partial charge in [-0.05, 0) is 74.7 Å². The SMILES string of the molecule is CCOc1ccc([C@H]2C(C(=O)OC)=CN=c3s/c(=C\c4ccc(-c5cc(C)c(C)cc5[N+](=O)[O-])o4)c(=O)n32)cc1OCC. The van der Waals surface area contributed by atoms with Gasteiger partial charge in [-0.15, -0.1) is 0 Å². The number of furan rings is 1. The van der Waals surface area contributed by atoms with Gasteiger partial charge in [0.2, 0.25) is 0 Å². The zero-order valence-corrected chi connectivity index (χ0v) is 25.0. The van der Waals surface area contributed by atoms with Crippen molar-refractivity contribution in [3.63, 3.8) is 0 Å². The van der Waals surface area contributed by atoms with Crippen molar-refractivity contribution in [1.29, 1.82) is 0 Å². The lowest BCUT2D eigenvalue weighted by molar-refractivity contribution is -0.384. The van der Waals surface area contributed by atoms with E-state index in [4.69, 9.17) is 18.6 Å². The van der Waals surface area contributed by atoms with E-state index in [9.17, 15) is 19.7 Å². The van der Waals surface area contributed by atoms with E-state index in [1.165, 1.54) is 23.9 Å². The molecule has 12 heteroatoms. The predicted octanol–water partition coefficient (Wildman–Crippen LogP) is 4.60. The molecule has 0 radical (unpaired) electrons. The van der Waals surface area contributed by atoms with Crippen molar-refractivity contribution in [2.45, 2.75) is 33.7 Å². The lowest BCUT2D eigenvalue weighted by Crippen LogP contribution is -2.39. The van der Waals surface area contributed by atoms with E-state index in [-0.39, 0.29) is 11.3 Å². The zero-order chi connectivity index (χ0) is 30.8. The maximum absolute atomic E-state index is 13.9. The molecule has 4 aromatic rings. The summed E-state index contributed by atoms with van der Waals surface area (Å²) >= 11 is 1.13. The van der Waals surface area contributed by atoms with Gasteiger partial charge in [-0.25, -0.2) is 9.79 Å². The van der Waals surface area contributed by atoms with E-state index in [2.05, 4.69) is 4.99 Å². The van der Waals surface area contributed by atoms with Crippen molar-refractivity contribution in [1.82, 2.24) is 4.57 Å². The largest absolute Gasteiger partial charge is 0.490 e. The van der Waals surface area contributed by atoms with E-state index in [0.717, 1.165) is 22.5 Å². The molecular formula is C31H29N3O8S. The quantitative estimate of drug-likeness (QED) is 0.154. The number of carbonyl (C=O) groups is 1. The third-order valence-electron chi connectivity index (χ3n) is 6.98. The van der Waals surface area contributed by atoms with Crippen LogP contribution in [0.25, 0.3) is 17.4 Å². The van der Waals surface area contributed by atoms with Crippen LogP contribution in [-0.4, -0.2) is 35.8 Å². The number of thiazole rings is 1. The van der Waals surface area contributed by atoms with E-state index in [1.54, 1.807) is 42.5 Å². The first kappa shape index (κ1) is 29.5. The molecule has 0 saturated heterocycles. The maximum Gasteiger partial charge on any atom is 0.337 e. The summed E-state index contributed by atoms with van der Waals surface area (Å²) in [5.41, 5.74) is 2.34. The molecule has 2 aromatic heterocycles. The zero-order valence-electron chi connectivity index (χ0n) is 24.2. The molecule has 0 amide bonds. The third-order valence-corrected chi connectivity index (χ3v) is 7.98. The minimum atomic E-state index is -0.842. The monoisotopic (exact) mass is 603 g/mol. The Morgan fingerprint density at radius 3 is 2.51 bits per heavy atom. The van der Waals surface area contributed by atoms with Crippen LogP contribution in [0.4, 0.5) is 5.69 Å². The van der Waals surface area contributed by atoms with Crippen LogP contribution < -0.4 is 24.4 Å². The predicted molar refractivity (Wildman–Crippen MR) is 160 cm³/mol. The van der Waals surface area contributed by atoms with Crippen LogP contribution >= 0.6 is 11.3 Å². The number of ether oxygens (including phenoxy) is 3. The molecule has 0 fully saturated rings. The smallest absolute Gasteiger partial charge is 0.337 e. The number of benzene rings is 2. The van der Waals surface area contributed by atoms with Gasteiger partial charge in [-0.2, -0.15) is 0 Å². The van der Waals surface area contributed by atoms with Gasteiger partial charge in [0.15, 0.2) is 16.3 Å². The normalized spacial score (nSPS) is 14.5. The number of fused-ring (bicyclic) bond motifs is 1. The van der Waals surface area contributed by atoms with Crippen LogP contribution in [0.2, 0.25) is 0 Å². The number of hydrogen-bond acceptors (Lipinski definition) is 10. The van der Waals surface area contributed by atoms with Gasteiger partial charge in [0.05, 0.1) is 47.0 Å². The average molecular weight is 604 g/mol. The molecule has 0 bridgehead atoms. The van der Waals surface area contributed by atoms with Gasteiger partial charge in [0, 0.05) is 18.3 Å². The number of aryl methyl sites for hydroxylation is 2. The highest BCUT2D eigenvalue weighted by Gasteiger charge is 2.31. The molecule has 3 heterocycles. The average Bonchev–Trinajstić information content (AvgIpc) is 3.58. The second kappa shape index (κ2) is 12.1. The van der Waals surface area contributed by atoms with Crippen molar-refractivity contribution < 1.29 is 28.3 Å². The number of esters is 1. The van der Waals surface area contributed by atoms with Gasteiger partial charge in [-0.3, -0.25) is 19.5 Å². The standard InChI is InChI=1S/C31H29N3O8S/c1-6-40-25-10-8-19(14-26(25)41-7-2)28-22(30(36)39-5)16-32-31-33(28)29(35)27(43-31)15-20-9-11-24(42-20)21-12-17(3)18(4)13-23(21)34(37)38/h8-16,28H,6-7H2,1-5H3/b27-15-/t28-/m0/s1. The number of nitro benzene ring substituents is 1. The van der Waals surface area contributed by atoms with Gasteiger partial charge < -0.3 is 18.6 Å². The topological polar surface area (TPSA) is 135 Å². The highest BCUT2D eigenvalue weighted by atomic mass is 32.1. The molecule has 1 atom stereocenters. The van der Waals surface area contributed by atoms with Crippen LogP contribution in [-0.2, 0) is 9.53 Å². The summed E-state index contributed by atoms with van der Waals surface area (Å²) in [6.07, 6.45) is 2.97. The molecule has 1 aliphatic heterocycles. The van der Waals surface area contributed by atoms with Gasteiger partial charge in [-0.1, -0.05) is 17.4 Å². The molecule has 222 valence electrons. The van der Waals surface area contributed by atoms with Gasteiger partial charge >= 0.3 is 5.97 Å². The van der Waals surface area contributed by atoms with Crippen molar-refractivity contribution in [2.75, 3.05) is 20.3 Å². The van der Waals surface area contributed by atoms with Gasteiger partial charge in [0.1, 0.15) is 11.5 Å². The van der Waals surface area contributed by atoms with E-state index in [1.807, 2.05) is 27.7 Å². The highest BCUT2D eigenvalue weighted by molar-refractivity contribution is 7.07. The second-order valence-electron chi connectivity index (χ2n) is 9.66. The number of rotatable bonds is 9. The van der Waals surface area contributed by atoms with Crippen molar-refractivity contribution in [3.8, 4) is 22.8 Å². The summed E-state index contributed by atoms with van der Waals surface area (Å²) in [5, 5.41) is 11.7.